The Balaban J connectivity index is 1.58. The Morgan fingerprint density at radius 1 is 1.27 bits per heavy atom. The molecule has 0 aromatic carbocycles. The zero-order chi connectivity index (χ0) is 21.1. The number of hydrogen-bond donors (Lipinski definition) is 2. The van der Waals surface area contributed by atoms with E-state index in [9.17, 15) is 9.59 Å². The van der Waals surface area contributed by atoms with E-state index in [1.165, 1.54) is 29.3 Å². The average Bonchev–Trinajstić information content (AvgIpc) is 3.34. The predicted octanol–water partition coefficient (Wildman–Crippen LogP) is 3.98. The molecule has 0 spiro atoms. The number of fused-ring (bicyclic) bond motifs is 1. The molecule has 0 fully saturated rings. The van der Waals surface area contributed by atoms with E-state index in [0.29, 0.717) is 22.3 Å². The van der Waals surface area contributed by atoms with Gasteiger partial charge in [-0.1, -0.05) is 29.4 Å². The molecule has 0 radical (unpaired) electrons. The van der Waals surface area contributed by atoms with Gasteiger partial charge in [-0.25, -0.2) is 9.97 Å². The summed E-state index contributed by atoms with van der Waals surface area (Å²) < 4.78 is 0. The van der Waals surface area contributed by atoms with Crippen LogP contribution in [0.25, 0.3) is 0 Å². The summed E-state index contributed by atoms with van der Waals surface area (Å²) in [5.41, 5.74) is 2.53. The first-order chi connectivity index (χ1) is 14.6. The first kappa shape index (κ1) is 20.8. The maximum Gasteiger partial charge on any atom is 0.276 e. The van der Waals surface area contributed by atoms with Crippen molar-refractivity contribution in [3.63, 3.8) is 0 Å². The van der Waals surface area contributed by atoms with Crippen molar-refractivity contribution in [2.24, 2.45) is 0 Å². The fourth-order valence-electron chi connectivity index (χ4n) is 3.28. The normalized spacial score (nSPS) is 12.5. The van der Waals surface area contributed by atoms with Gasteiger partial charge in [-0.15, -0.1) is 11.3 Å². The zero-order valence-electron chi connectivity index (χ0n) is 16.1. The maximum absolute atomic E-state index is 13.0. The molecule has 4 rings (SSSR count). The van der Waals surface area contributed by atoms with Crippen LogP contribution in [-0.2, 0) is 19.4 Å². The number of carbonyl (C=O) groups excluding carboxylic acids is 2. The molecule has 30 heavy (non-hydrogen) atoms. The predicted molar refractivity (Wildman–Crippen MR) is 119 cm³/mol. The minimum absolute atomic E-state index is 0.0892. The number of amides is 2. The number of nitrogens with zero attached hydrogens (tertiary/aromatic N) is 3. The fourth-order valence-corrected chi connectivity index (χ4v) is 5.08. The molecule has 7 nitrogen and oxygen atoms in total. The van der Waals surface area contributed by atoms with Crippen molar-refractivity contribution in [2.45, 2.75) is 31.0 Å². The minimum atomic E-state index is -0.459. The number of pyridine rings is 1. The van der Waals surface area contributed by atoms with Crippen molar-refractivity contribution >= 4 is 51.5 Å². The fraction of sp³-hybridized carbons (Fsp3) is 0.250. The van der Waals surface area contributed by atoms with Crippen LogP contribution in [0.3, 0.4) is 0 Å². The Bertz CT molecular complexity index is 1100. The van der Waals surface area contributed by atoms with Crippen LogP contribution >= 0.6 is 34.7 Å². The van der Waals surface area contributed by atoms with Crippen LogP contribution in [0.1, 0.15) is 43.3 Å². The number of nitrogens with one attached hydrogen (secondary N) is 2. The quantitative estimate of drug-likeness (QED) is 0.427. The molecule has 0 aliphatic heterocycles. The van der Waals surface area contributed by atoms with Crippen LogP contribution in [0.2, 0.25) is 5.02 Å². The number of hydrogen-bond acceptors (Lipinski definition) is 7. The van der Waals surface area contributed by atoms with Crippen LogP contribution in [-0.4, -0.2) is 33.0 Å². The molecule has 3 aromatic heterocycles. The smallest absolute Gasteiger partial charge is 0.276 e. The van der Waals surface area contributed by atoms with Crippen LogP contribution in [0.4, 0.5) is 5.00 Å². The summed E-state index contributed by atoms with van der Waals surface area (Å²) in [4.78, 5) is 39.3. The number of halogens is 1. The Labute approximate surface area is 186 Å². The van der Waals surface area contributed by atoms with E-state index in [4.69, 9.17) is 11.6 Å². The van der Waals surface area contributed by atoms with Gasteiger partial charge in [-0.05, 0) is 42.7 Å². The van der Waals surface area contributed by atoms with E-state index in [1.807, 2.05) is 18.4 Å². The van der Waals surface area contributed by atoms with Crippen LogP contribution < -0.4 is 10.6 Å². The molecule has 2 N–H and O–H groups in total. The SMILES string of the molecule is CSc1ncc(Cl)c(C(=O)Nc2sc3c(c2C(=O)NCc2cccnc2)CCC3)n1. The molecule has 2 amide bonds. The lowest BCUT2D eigenvalue weighted by molar-refractivity contribution is 0.0951. The first-order valence-corrected chi connectivity index (χ1v) is 11.7. The van der Waals surface area contributed by atoms with E-state index in [0.717, 1.165) is 35.3 Å². The van der Waals surface area contributed by atoms with E-state index in [1.54, 1.807) is 12.4 Å². The Morgan fingerprint density at radius 2 is 2.13 bits per heavy atom. The summed E-state index contributed by atoms with van der Waals surface area (Å²) in [7, 11) is 0. The molecule has 0 saturated heterocycles. The number of carbonyl (C=O) groups is 2. The second-order valence-electron chi connectivity index (χ2n) is 6.61. The summed E-state index contributed by atoms with van der Waals surface area (Å²) in [6.07, 6.45) is 9.36. The van der Waals surface area contributed by atoms with Gasteiger partial charge in [-0.2, -0.15) is 0 Å². The van der Waals surface area contributed by atoms with E-state index in [2.05, 4.69) is 25.6 Å². The summed E-state index contributed by atoms with van der Waals surface area (Å²) >= 11 is 8.89. The second kappa shape index (κ2) is 9.11. The number of aromatic nitrogens is 3. The Hall–Kier alpha value is -2.49. The second-order valence-corrected chi connectivity index (χ2v) is 8.90. The van der Waals surface area contributed by atoms with Crippen molar-refractivity contribution < 1.29 is 9.59 Å². The van der Waals surface area contributed by atoms with Crippen LogP contribution in [0.5, 0.6) is 0 Å². The number of rotatable bonds is 6. The molecule has 0 saturated carbocycles. The third-order valence-corrected chi connectivity index (χ3v) is 6.72. The maximum atomic E-state index is 13.0. The van der Waals surface area contributed by atoms with Crippen molar-refractivity contribution in [1.82, 2.24) is 20.3 Å². The van der Waals surface area contributed by atoms with Crippen molar-refractivity contribution in [2.75, 3.05) is 11.6 Å². The molecule has 1 aliphatic carbocycles. The highest BCUT2D eigenvalue weighted by molar-refractivity contribution is 7.98. The molecule has 1 aliphatic rings. The third-order valence-electron chi connectivity index (χ3n) is 4.67. The molecule has 0 bridgehead atoms. The van der Waals surface area contributed by atoms with Gasteiger partial charge in [0.05, 0.1) is 16.8 Å². The average molecular weight is 460 g/mol. The topological polar surface area (TPSA) is 96.9 Å². The number of thioether (sulfide) groups is 1. The van der Waals surface area contributed by atoms with Gasteiger partial charge in [0, 0.05) is 23.8 Å². The summed E-state index contributed by atoms with van der Waals surface area (Å²) in [6.45, 7) is 0.361. The largest absolute Gasteiger partial charge is 0.348 e. The minimum Gasteiger partial charge on any atom is -0.348 e. The zero-order valence-corrected chi connectivity index (χ0v) is 18.5. The lowest BCUT2D eigenvalue weighted by atomic mass is 10.1. The molecule has 10 heteroatoms. The lowest BCUT2D eigenvalue weighted by Crippen LogP contribution is -2.25. The van der Waals surface area contributed by atoms with Gasteiger partial charge in [0.15, 0.2) is 10.9 Å². The number of anilines is 1. The third kappa shape index (κ3) is 4.33. The van der Waals surface area contributed by atoms with Gasteiger partial charge in [0.2, 0.25) is 0 Å². The van der Waals surface area contributed by atoms with Gasteiger partial charge < -0.3 is 10.6 Å². The van der Waals surface area contributed by atoms with Crippen LogP contribution in [0, 0.1) is 0 Å². The van der Waals surface area contributed by atoms with Gasteiger partial charge in [-0.3, -0.25) is 14.6 Å². The van der Waals surface area contributed by atoms with Crippen molar-refractivity contribution in [3.05, 3.63) is 63.0 Å². The monoisotopic (exact) mass is 459 g/mol. The van der Waals surface area contributed by atoms with Gasteiger partial charge in [0.25, 0.3) is 11.8 Å². The van der Waals surface area contributed by atoms with Crippen molar-refractivity contribution in [1.29, 1.82) is 0 Å². The summed E-state index contributed by atoms with van der Waals surface area (Å²) in [5.74, 6) is -0.675. The highest BCUT2D eigenvalue weighted by Crippen LogP contribution is 2.39. The molecule has 0 atom stereocenters. The van der Waals surface area contributed by atoms with E-state index < -0.39 is 5.91 Å². The van der Waals surface area contributed by atoms with E-state index >= 15 is 0 Å². The Morgan fingerprint density at radius 3 is 2.90 bits per heavy atom. The molecular formula is C20H18ClN5O2S2. The highest BCUT2D eigenvalue weighted by Gasteiger charge is 2.28. The molecule has 3 heterocycles. The van der Waals surface area contributed by atoms with Gasteiger partial charge in [0.1, 0.15) is 5.00 Å². The first-order valence-electron chi connectivity index (χ1n) is 9.26. The number of aryl methyl sites for hydroxylation is 1. The Kier molecular flexibility index (Phi) is 6.31. The van der Waals surface area contributed by atoms with Gasteiger partial charge >= 0.3 is 0 Å². The highest BCUT2D eigenvalue weighted by atomic mass is 35.5. The van der Waals surface area contributed by atoms with Crippen molar-refractivity contribution in [3.8, 4) is 0 Å². The standard InChI is InChI=1S/C20H18ClN5O2S2/c1-29-20-24-10-13(21)16(25-20)18(28)26-19-15(12-5-2-6-14(12)30-19)17(27)23-9-11-4-3-7-22-8-11/h3-4,7-8,10H,2,5-6,9H2,1H3,(H,23,27)(H,26,28). The molecule has 154 valence electrons. The van der Waals surface area contributed by atoms with E-state index in [-0.39, 0.29) is 16.6 Å². The molecular weight excluding hydrogens is 442 g/mol. The molecule has 0 unspecified atom stereocenters. The lowest BCUT2D eigenvalue weighted by Gasteiger charge is -2.10. The summed E-state index contributed by atoms with van der Waals surface area (Å²) in [6, 6.07) is 3.72. The van der Waals surface area contributed by atoms with Crippen LogP contribution in [0.15, 0.2) is 35.9 Å². The number of thiophene rings is 1. The summed E-state index contributed by atoms with van der Waals surface area (Å²) in [5, 5.41) is 6.92. The molecule has 3 aromatic rings.